The largest absolute Gasteiger partial charge is 0.497 e. The zero-order valence-electron chi connectivity index (χ0n) is 13.1. The lowest BCUT2D eigenvalue weighted by Crippen LogP contribution is -2.16. The van der Waals surface area contributed by atoms with E-state index in [2.05, 4.69) is 48.5 Å². The van der Waals surface area contributed by atoms with Gasteiger partial charge >= 0.3 is 0 Å². The Kier molecular flexibility index (Phi) is 6.06. The Labute approximate surface area is 133 Å². The second kappa shape index (κ2) is 8.26. The van der Waals surface area contributed by atoms with Crippen molar-refractivity contribution in [1.82, 2.24) is 5.32 Å². The quantitative estimate of drug-likeness (QED) is 0.877. The van der Waals surface area contributed by atoms with E-state index in [1.807, 2.05) is 12.1 Å². The van der Waals surface area contributed by atoms with Crippen LogP contribution in [0.4, 0.5) is 0 Å². The molecule has 0 radical (unpaired) electrons. The summed E-state index contributed by atoms with van der Waals surface area (Å²) < 4.78 is 5.20. The first kappa shape index (κ1) is 16.1. The third-order valence-electron chi connectivity index (χ3n) is 3.98. The molecule has 1 heterocycles. The number of terminal acetylenes is 1. The van der Waals surface area contributed by atoms with Crippen molar-refractivity contribution >= 4 is 0 Å². The summed E-state index contributed by atoms with van der Waals surface area (Å²) in [6, 6.07) is 15.3. The van der Waals surface area contributed by atoms with E-state index >= 15 is 0 Å². The molecule has 0 saturated heterocycles. The van der Waals surface area contributed by atoms with Crippen LogP contribution in [0.5, 0.6) is 5.75 Å². The molecule has 0 atom stereocenters. The van der Waals surface area contributed by atoms with E-state index in [0.717, 1.165) is 38.1 Å². The van der Waals surface area contributed by atoms with E-state index in [0.29, 0.717) is 0 Å². The molecule has 0 spiro atoms. The Balaban J connectivity index is 0.000000847. The first-order valence-corrected chi connectivity index (χ1v) is 7.63. The van der Waals surface area contributed by atoms with E-state index in [4.69, 9.17) is 4.74 Å². The fraction of sp³-hybridized carbons (Fsp3) is 0.300. The predicted octanol–water partition coefficient (Wildman–Crippen LogP) is 3.22. The van der Waals surface area contributed by atoms with Gasteiger partial charge in [0.2, 0.25) is 0 Å². The second-order valence-electron chi connectivity index (χ2n) is 5.38. The lowest BCUT2D eigenvalue weighted by atomic mass is 9.97. The minimum atomic E-state index is 0.918. The van der Waals surface area contributed by atoms with Crippen molar-refractivity contribution in [2.24, 2.45) is 0 Å². The van der Waals surface area contributed by atoms with Crippen LogP contribution < -0.4 is 10.1 Å². The molecule has 1 aliphatic heterocycles. The maximum Gasteiger partial charge on any atom is 0.118 e. The summed E-state index contributed by atoms with van der Waals surface area (Å²) in [6.07, 6.45) is 11.3. The van der Waals surface area contributed by atoms with Gasteiger partial charge in [-0.3, -0.25) is 0 Å². The molecule has 0 aliphatic carbocycles. The summed E-state index contributed by atoms with van der Waals surface area (Å²) in [6.45, 7) is 2.20. The lowest BCUT2D eigenvalue weighted by Gasteiger charge is -2.09. The van der Waals surface area contributed by atoms with Crippen molar-refractivity contribution in [3.8, 4) is 18.6 Å². The van der Waals surface area contributed by atoms with Crippen LogP contribution >= 0.6 is 0 Å². The maximum absolute atomic E-state index is 5.20. The van der Waals surface area contributed by atoms with Gasteiger partial charge in [-0.1, -0.05) is 30.3 Å². The third-order valence-corrected chi connectivity index (χ3v) is 3.98. The smallest absolute Gasteiger partial charge is 0.118 e. The second-order valence-corrected chi connectivity index (χ2v) is 5.38. The zero-order chi connectivity index (χ0) is 15.8. The van der Waals surface area contributed by atoms with Crippen molar-refractivity contribution in [2.75, 3.05) is 20.2 Å². The molecule has 0 saturated carbocycles. The number of fused-ring (bicyclic) bond motifs is 1. The number of nitrogens with one attached hydrogen (secondary N) is 1. The first-order valence-electron chi connectivity index (χ1n) is 7.63. The Hall–Kier alpha value is -2.24. The molecule has 2 heteroatoms. The number of hydrogen-bond acceptors (Lipinski definition) is 2. The van der Waals surface area contributed by atoms with Crippen LogP contribution in [0.15, 0.2) is 42.5 Å². The van der Waals surface area contributed by atoms with E-state index in [1.54, 1.807) is 7.11 Å². The molecule has 0 bridgehead atoms. The maximum atomic E-state index is 5.20. The first-order chi connectivity index (χ1) is 10.8. The fourth-order valence-corrected chi connectivity index (χ4v) is 2.82. The van der Waals surface area contributed by atoms with Gasteiger partial charge in [-0.2, -0.15) is 0 Å². The summed E-state index contributed by atoms with van der Waals surface area (Å²) >= 11 is 0. The number of benzene rings is 2. The van der Waals surface area contributed by atoms with Crippen LogP contribution in [-0.4, -0.2) is 20.2 Å². The van der Waals surface area contributed by atoms with Gasteiger partial charge in [0.15, 0.2) is 0 Å². The summed E-state index contributed by atoms with van der Waals surface area (Å²) in [5, 5.41) is 3.46. The molecule has 2 aromatic rings. The highest BCUT2D eigenvalue weighted by Gasteiger charge is 2.08. The highest BCUT2D eigenvalue weighted by Crippen LogP contribution is 2.19. The molecule has 0 unspecified atom stereocenters. The molecule has 1 aliphatic rings. The Morgan fingerprint density at radius 3 is 2.23 bits per heavy atom. The standard InChI is InChI=1S/C18H21NO.C2H2/c1-20-18-6-3-14(4-7-18)12-15-2-5-16-8-10-19-11-9-17(16)13-15;1-2/h2-7,13,19H,8-12H2,1H3;1-2H. The number of methoxy groups -OCH3 is 1. The van der Waals surface area contributed by atoms with Crippen LogP contribution in [-0.2, 0) is 19.3 Å². The van der Waals surface area contributed by atoms with E-state index in [1.165, 1.54) is 22.3 Å². The molecule has 0 amide bonds. The topological polar surface area (TPSA) is 21.3 Å². The normalized spacial score (nSPS) is 13.2. The van der Waals surface area contributed by atoms with Gasteiger partial charge < -0.3 is 10.1 Å². The van der Waals surface area contributed by atoms with Gasteiger partial charge in [0.1, 0.15) is 5.75 Å². The van der Waals surface area contributed by atoms with Crippen molar-refractivity contribution in [3.05, 3.63) is 64.7 Å². The summed E-state index contributed by atoms with van der Waals surface area (Å²) in [4.78, 5) is 0. The molecule has 2 aromatic carbocycles. The van der Waals surface area contributed by atoms with Crippen molar-refractivity contribution < 1.29 is 4.74 Å². The van der Waals surface area contributed by atoms with E-state index in [9.17, 15) is 0 Å². The molecule has 3 rings (SSSR count). The van der Waals surface area contributed by atoms with Gasteiger partial charge in [-0.15, -0.1) is 12.8 Å². The van der Waals surface area contributed by atoms with E-state index in [-0.39, 0.29) is 0 Å². The summed E-state index contributed by atoms with van der Waals surface area (Å²) in [5.41, 5.74) is 5.75. The van der Waals surface area contributed by atoms with Crippen molar-refractivity contribution in [2.45, 2.75) is 19.3 Å². The van der Waals surface area contributed by atoms with Crippen molar-refractivity contribution in [3.63, 3.8) is 0 Å². The average molecular weight is 293 g/mol. The molecule has 2 nitrogen and oxygen atoms in total. The van der Waals surface area contributed by atoms with E-state index < -0.39 is 0 Å². The summed E-state index contributed by atoms with van der Waals surface area (Å²) in [5.74, 6) is 0.918. The zero-order valence-corrected chi connectivity index (χ0v) is 13.1. The monoisotopic (exact) mass is 293 g/mol. The minimum absolute atomic E-state index is 0.918. The number of hydrogen-bond donors (Lipinski definition) is 1. The Morgan fingerprint density at radius 2 is 1.55 bits per heavy atom. The van der Waals surface area contributed by atoms with Crippen molar-refractivity contribution in [1.29, 1.82) is 0 Å². The Bertz CT molecular complexity index is 613. The number of rotatable bonds is 3. The Morgan fingerprint density at radius 1 is 0.909 bits per heavy atom. The highest BCUT2D eigenvalue weighted by atomic mass is 16.5. The van der Waals surface area contributed by atoms with Crippen LogP contribution in [0.25, 0.3) is 0 Å². The lowest BCUT2D eigenvalue weighted by molar-refractivity contribution is 0.414. The molecular weight excluding hydrogens is 270 g/mol. The van der Waals surface area contributed by atoms with Gasteiger partial charge in [0.05, 0.1) is 7.11 Å². The third kappa shape index (κ3) is 4.13. The minimum Gasteiger partial charge on any atom is -0.497 e. The van der Waals surface area contributed by atoms with Crippen LogP contribution in [0.3, 0.4) is 0 Å². The summed E-state index contributed by atoms with van der Waals surface area (Å²) in [7, 11) is 1.70. The van der Waals surface area contributed by atoms with Crippen LogP contribution in [0.2, 0.25) is 0 Å². The molecule has 22 heavy (non-hydrogen) atoms. The number of ether oxygens (including phenoxy) is 1. The van der Waals surface area contributed by atoms with Gasteiger partial charge in [0, 0.05) is 0 Å². The van der Waals surface area contributed by atoms with Crippen LogP contribution in [0.1, 0.15) is 22.3 Å². The highest BCUT2D eigenvalue weighted by molar-refractivity contribution is 5.37. The fourth-order valence-electron chi connectivity index (χ4n) is 2.82. The van der Waals surface area contributed by atoms with Gasteiger partial charge in [-0.05, 0) is 66.7 Å². The molecule has 0 aromatic heterocycles. The van der Waals surface area contributed by atoms with Gasteiger partial charge in [0.25, 0.3) is 0 Å². The predicted molar refractivity (Wildman–Crippen MR) is 92.4 cm³/mol. The molecule has 0 fully saturated rings. The molecular formula is C20H23NO. The molecule has 114 valence electrons. The van der Waals surface area contributed by atoms with Crippen LogP contribution in [0, 0.1) is 12.8 Å². The van der Waals surface area contributed by atoms with Gasteiger partial charge in [-0.25, -0.2) is 0 Å². The SMILES string of the molecule is C#C.COc1ccc(Cc2ccc3c(c2)CCNCC3)cc1. The molecule has 1 N–H and O–H groups in total. The average Bonchev–Trinajstić information content (AvgIpc) is 2.82.